The van der Waals surface area contributed by atoms with Crippen LogP contribution in [0.25, 0.3) is 0 Å². The van der Waals surface area contributed by atoms with Crippen LogP contribution in [0, 0.1) is 28.1 Å². The second kappa shape index (κ2) is 11.3. The molecule has 0 saturated heterocycles. The molecule has 0 atom stereocenters. The van der Waals surface area contributed by atoms with E-state index >= 15 is 0 Å². The number of hydrogen-bond acceptors (Lipinski definition) is 4. The molecule has 5 rings (SSSR count). The summed E-state index contributed by atoms with van der Waals surface area (Å²) < 4.78 is 5.25. The second-order valence-electron chi connectivity index (χ2n) is 11.0. The third kappa shape index (κ3) is 5.34. The molecule has 36 heavy (non-hydrogen) atoms. The Morgan fingerprint density at radius 3 is 2.11 bits per heavy atom. The van der Waals surface area contributed by atoms with E-state index in [1.54, 1.807) is 6.92 Å². The van der Waals surface area contributed by atoms with Gasteiger partial charge < -0.3 is 4.74 Å². The fraction of sp³-hybridized carbons (Fsp3) is 0.531. The molecule has 2 aromatic rings. The van der Waals surface area contributed by atoms with Crippen molar-refractivity contribution in [3.63, 3.8) is 0 Å². The van der Waals surface area contributed by atoms with Gasteiger partial charge in [0, 0.05) is 6.42 Å². The zero-order valence-corrected chi connectivity index (χ0v) is 21.9. The predicted octanol–water partition coefficient (Wildman–Crippen LogP) is 7.70. The Bertz CT molecular complexity index is 1140. The van der Waals surface area contributed by atoms with Gasteiger partial charge in [-0.05, 0) is 97.4 Å². The minimum absolute atomic E-state index is 0.0630. The highest BCUT2D eigenvalue weighted by Gasteiger charge is 2.49. The standard InChI is InChI=1S/C32H38N2O2/c1-3-5-6-15-31-16-19-32(20-17-31,21-18-31)29-14-11-25(27(22-33)28(29)23-34)10-7-24-8-12-26(13-9-24)36-30(35)4-2/h8-9,11-14H,3-7,10,15-21H2,1-2H3. The van der Waals surface area contributed by atoms with Crippen LogP contribution in [-0.2, 0) is 23.1 Å². The van der Waals surface area contributed by atoms with Gasteiger partial charge in [-0.25, -0.2) is 0 Å². The molecule has 0 N–H and O–H groups in total. The van der Waals surface area contributed by atoms with E-state index in [0.717, 1.165) is 42.4 Å². The zero-order valence-electron chi connectivity index (χ0n) is 21.9. The summed E-state index contributed by atoms with van der Waals surface area (Å²) >= 11 is 0. The first kappa shape index (κ1) is 26.0. The lowest BCUT2D eigenvalue weighted by molar-refractivity contribution is -0.134. The van der Waals surface area contributed by atoms with Crippen LogP contribution in [0.2, 0.25) is 0 Å². The molecule has 4 nitrogen and oxygen atoms in total. The van der Waals surface area contributed by atoms with E-state index in [0.29, 0.717) is 35.1 Å². The Morgan fingerprint density at radius 2 is 1.53 bits per heavy atom. The molecule has 0 aliphatic heterocycles. The second-order valence-corrected chi connectivity index (χ2v) is 11.0. The van der Waals surface area contributed by atoms with Crippen molar-refractivity contribution in [2.24, 2.45) is 5.41 Å². The fourth-order valence-corrected chi connectivity index (χ4v) is 6.54. The maximum Gasteiger partial charge on any atom is 0.310 e. The lowest BCUT2D eigenvalue weighted by atomic mass is 9.50. The fourth-order valence-electron chi connectivity index (χ4n) is 6.54. The Morgan fingerprint density at radius 1 is 0.861 bits per heavy atom. The Balaban J connectivity index is 1.49. The van der Waals surface area contributed by atoms with Crippen molar-refractivity contribution in [3.05, 3.63) is 64.2 Å². The van der Waals surface area contributed by atoms with Crippen molar-refractivity contribution in [3.8, 4) is 17.9 Å². The van der Waals surface area contributed by atoms with Crippen molar-refractivity contribution in [1.29, 1.82) is 10.5 Å². The highest BCUT2D eigenvalue weighted by atomic mass is 16.5. The van der Waals surface area contributed by atoms with Gasteiger partial charge in [-0.3, -0.25) is 4.79 Å². The molecule has 0 aromatic heterocycles. The Hall–Kier alpha value is -3.11. The summed E-state index contributed by atoms with van der Waals surface area (Å²) in [6, 6.07) is 16.6. The molecule has 3 aliphatic rings. The molecule has 3 fully saturated rings. The summed E-state index contributed by atoms with van der Waals surface area (Å²) in [5, 5.41) is 20.2. The van der Waals surface area contributed by atoms with Crippen LogP contribution in [0.3, 0.4) is 0 Å². The first-order chi connectivity index (χ1) is 17.5. The first-order valence-corrected chi connectivity index (χ1v) is 13.7. The van der Waals surface area contributed by atoms with Crippen molar-refractivity contribution in [2.75, 3.05) is 0 Å². The average molecular weight is 483 g/mol. The van der Waals surface area contributed by atoms with E-state index in [1.165, 1.54) is 44.9 Å². The number of hydrogen-bond donors (Lipinski definition) is 0. The molecule has 3 aliphatic carbocycles. The van der Waals surface area contributed by atoms with E-state index < -0.39 is 0 Å². The molecular formula is C32H38N2O2. The number of nitriles is 2. The average Bonchev–Trinajstić information content (AvgIpc) is 2.93. The molecule has 3 saturated carbocycles. The zero-order chi connectivity index (χ0) is 25.6. The van der Waals surface area contributed by atoms with Gasteiger partial charge in [-0.1, -0.05) is 57.4 Å². The number of nitrogens with zero attached hydrogens (tertiary/aromatic N) is 2. The monoisotopic (exact) mass is 482 g/mol. The number of aryl methyl sites for hydroxylation is 2. The van der Waals surface area contributed by atoms with E-state index in [2.05, 4.69) is 31.2 Å². The third-order valence-electron chi connectivity index (χ3n) is 8.93. The molecular weight excluding hydrogens is 444 g/mol. The molecule has 4 heteroatoms. The van der Waals surface area contributed by atoms with E-state index in [1.807, 2.05) is 24.3 Å². The normalized spacial score (nSPS) is 22.6. The van der Waals surface area contributed by atoms with Crippen molar-refractivity contribution >= 4 is 5.97 Å². The molecule has 0 amide bonds. The van der Waals surface area contributed by atoms with Crippen LogP contribution in [0.15, 0.2) is 36.4 Å². The topological polar surface area (TPSA) is 73.9 Å². The highest BCUT2D eigenvalue weighted by molar-refractivity contribution is 5.71. The van der Waals surface area contributed by atoms with Gasteiger partial charge in [0.15, 0.2) is 0 Å². The van der Waals surface area contributed by atoms with Gasteiger partial charge >= 0.3 is 5.97 Å². The van der Waals surface area contributed by atoms with Gasteiger partial charge in [-0.15, -0.1) is 0 Å². The highest BCUT2D eigenvalue weighted by Crippen LogP contribution is 2.60. The summed E-state index contributed by atoms with van der Waals surface area (Å²) in [7, 11) is 0. The van der Waals surface area contributed by atoms with Crippen LogP contribution in [-0.4, -0.2) is 5.97 Å². The maximum atomic E-state index is 11.5. The van der Waals surface area contributed by atoms with Gasteiger partial charge in [-0.2, -0.15) is 10.5 Å². The van der Waals surface area contributed by atoms with Gasteiger partial charge in [0.25, 0.3) is 0 Å². The van der Waals surface area contributed by atoms with Crippen molar-refractivity contribution < 1.29 is 9.53 Å². The third-order valence-corrected chi connectivity index (χ3v) is 8.93. The smallest absolute Gasteiger partial charge is 0.310 e. The minimum Gasteiger partial charge on any atom is -0.427 e. The number of fused-ring (bicyclic) bond motifs is 3. The summed E-state index contributed by atoms with van der Waals surface area (Å²) in [6.45, 7) is 4.04. The van der Waals surface area contributed by atoms with Crippen LogP contribution < -0.4 is 4.74 Å². The number of esters is 1. The lowest BCUT2D eigenvalue weighted by Crippen LogP contribution is -2.44. The van der Waals surface area contributed by atoms with Gasteiger partial charge in [0.1, 0.15) is 17.9 Å². The van der Waals surface area contributed by atoms with Crippen LogP contribution >= 0.6 is 0 Å². The quantitative estimate of drug-likeness (QED) is 0.197. The SMILES string of the molecule is CCCCCC12CCC(c3ccc(CCc4ccc(OC(=O)CC)cc4)c(C#N)c3C#N)(CC1)CC2. The number of ether oxygens (including phenoxy) is 1. The summed E-state index contributed by atoms with van der Waals surface area (Å²) in [4.78, 5) is 11.5. The van der Waals surface area contributed by atoms with Gasteiger partial charge in [0.2, 0.25) is 0 Å². The number of benzene rings is 2. The van der Waals surface area contributed by atoms with Crippen LogP contribution in [0.1, 0.15) is 112 Å². The molecule has 0 radical (unpaired) electrons. The Kier molecular flexibility index (Phi) is 8.15. The minimum atomic E-state index is -0.247. The van der Waals surface area contributed by atoms with Gasteiger partial charge in [0.05, 0.1) is 11.1 Å². The largest absolute Gasteiger partial charge is 0.427 e. The first-order valence-electron chi connectivity index (χ1n) is 13.7. The summed E-state index contributed by atoms with van der Waals surface area (Å²) in [6.07, 6.45) is 14.3. The van der Waals surface area contributed by atoms with E-state index in [4.69, 9.17) is 4.74 Å². The summed E-state index contributed by atoms with van der Waals surface area (Å²) in [5.41, 5.74) is 4.92. The molecule has 0 unspecified atom stereocenters. The van der Waals surface area contributed by atoms with Crippen LogP contribution in [0.4, 0.5) is 0 Å². The molecule has 0 heterocycles. The number of unbranched alkanes of at least 4 members (excludes halogenated alkanes) is 2. The lowest BCUT2D eigenvalue weighted by Gasteiger charge is -2.54. The molecule has 2 bridgehead atoms. The summed E-state index contributed by atoms with van der Waals surface area (Å²) in [5.74, 6) is 0.302. The van der Waals surface area contributed by atoms with Crippen molar-refractivity contribution in [2.45, 2.75) is 103 Å². The maximum absolute atomic E-state index is 11.5. The van der Waals surface area contributed by atoms with Crippen molar-refractivity contribution in [1.82, 2.24) is 0 Å². The Labute approximate surface area is 216 Å². The number of carbonyl (C=O) groups is 1. The molecule has 2 aromatic carbocycles. The number of rotatable bonds is 10. The molecule has 188 valence electrons. The number of carbonyl (C=O) groups excluding carboxylic acids is 1. The predicted molar refractivity (Wildman–Crippen MR) is 142 cm³/mol. The molecule has 0 spiro atoms. The van der Waals surface area contributed by atoms with E-state index in [-0.39, 0.29) is 11.4 Å². The van der Waals surface area contributed by atoms with Crippen LogP contribution in [0.5, 0.6) is 5.75 Å². The van der Waals surface area contributed by atoms with E-state index in [9.17, 15) is 15.3 Å².